The first-order chi connectivity index (χ1) is 9.11. The maximum absolute atomic E-state index is 9.72. The lowest BCUT2D eigenvalue weighted by Gasteiger charge is -2.16. The number of aliphatic hydroxyl groups is 1. The van der Waals surface area contributed by atoms with E-state index < -0.39 is 6.10 Å². The number of hydrogen-bond acceptors (Lipinski definition) is 5. The number of rotatable bonds is 10. The molecule has 6 nitrogen and oxygen atoms in total. The molecular formula is C13H25N3O3. The number of methoxy groups -OCH3 is 1. The molecule has 1 aromatic heterocycles. The lowest BCUT2D eigenvalue weighted by atomic mass is 10.2. The molecule has 0 aliphatic heterocycles. The molecular weight excluding hydrogens is 246 g/mol. The van der Waals surface area contributed by atoms with E-state index in [1.807, 2.05) is 26.4 Å². The molecule has 0 aliphatic carbocycles. The Hall–Kier alpha value is -0.950. The van der Waals surface area contributed by atoms with Crippen LogP contribution in [0.25, 0.3) is 0 Å². The Morgan fingerprint density at radius 2 is 2.26 bits per heavy atom. The van der Waals surface area contributed by atoms with Gasteiger partial charge in [0.2, 0.25) is 0 Å². The molecule has 0 saturated carbocycles. The number of nitrogens with zero attached hydrogens (tertiary/aromatic N) is 2. The Morgan fingerprint density at radius 1 is 1.47 bits per heavy atom. The third kappa shape index (κ3) is 7.27. The summed E-state index contributed by atoms with van der Waals surface area (Å²) in [5.74, 6) is 0. The fourth-order valence-electron chi connectivity index (χ4n) is 1.72. The average Bonchev–Trinajstić information content (AvgIpc) is 2.78. The molecule has 19 heavy (non-hydrogen) atoms. The van der Waals surface area contributed by atoms with Gasteiger partial charge in [-0.3, -0.25) is 4.68 Å². The topological polar surface area (TPSA) is 68.5 Å². The first kappa shape index (κ1) is 16.1. The highest BCUT2D eigenvalue weighted by Gasteiger charge is 2.07. The van der Waals surface area contributed by atoms with Crippen molar-refractivity contribution in [3.8, 4) is 0 Å². The van der Waals surface area contributed by atoms with Gasteiger partial charge in [0.25, 0.3) is 0 Å². The van der Waals surface area contributed by atoms with Crippen molar-refractivity contribution in [1.29, 1.82) is 0 Å². The van der Waals surface area contributed by atoms with Crippen LogP contribution in [0, 0.1) is 0 Å². The van der Waals surface area contributed by atoms with Gasteiger partial charge in [-0.05, 0) is 25.5 Å². The molecule has 1 aromatic rings. The van der Waals surface area contributed by atoms with Crippen molar-refractivity contribution in [3.63, 3.8) is 0 Å². The van der Waals surface area contributed by atoms with Crippen molar-refractivity contribution in [1.82, 2.24) is 15.1 Å². The zero-order valence-electron chi connectivity index (χ0n) is 12.0. The molecule has 2 N–H and O–H groups in total. The number of aryl methyl sites for hydroxylation is 1. The van der Waals surface area contributed by atoms with Crippen molar-refractivity contribution >= 4 is 0 Å². The van der Waals surface area contributed by atoms with Crippen LogP contribution in [0.4, 0.5) is 0 Å². The van der Waals surface area contributed by atoms with Crippen LogP contribution >= 0.6 is 0 Å². The summed E-state index contributed by atoms with van der Waals surface area (Å²) < 4.78 is 12.2. The van der Waals surface area contributed by atoms with Gasteiger partial charge in [0.1, 0.15) is 0 Å². The van der Waals surface area contributed by atoms with Gasteiger partial charge in [-0.15, -0.1) is 0 Å². The van der Waals surface area contributed by atoms with Crippen LogP contribution in [0.15, 0.2) is 12.4 Å². The predicted molar refractivity (Wildman–Crippen MR) is 73.1 cm³/mol. The van der Waals surface area contributed by atoms with Gasteiger partial charge in [-0.25, -0.2) is 0 Å². The minimum absolute atomic E-state index is 0.00930. The smallest absolute Gasteiger partial charge is 0.0897 e. The van der Waals surface area contributed by atoms with Crippen molar-refractivity contribution in [2.45, 2.75) is 25.6 Å². The summed E-state index contributed by atoms with van der Waals surface area (Å²) in [5.41, 5.74) is 1.19. The Labute approximate surface area is 114 Å². The summed E-state index contributed by atoms with van der Waals surface area (Å²) >= 11 is 0. The van der Waals surface area contributed by atoms with Gasteiger partial charge >= 0.3 is 0 Å². The normalized spacial score (nSPS) is 14.5. The van der Waals surface area contributed by atoms with Gasteiger partial charge in [-0.2, -0.15) is 5.10 Å². The summed E-state index contributed by atoms with van der Waals surface area (Å²) in [4.78, 5) is 0. The van der Waals surface area contributed by atoms with Crippen LogP contribution < -0.4 is 5.32 Å². The fraction of sp³-hybridized carbons (Fsp3) is 0.769. The van der Waals surface area contributed by atoms with Crippen LogP contribution in [0.2, 0.25) is 0 Å². The Morgan fingerprint density at radius 3 is 2.89 bits per heavy atom. The molecule has 0 amide bonds. The van der Waals surface area contributed by atoms with E-state index in [0.717, 1.165) is 13.0 Å². The van der Waals surface area contributed by atoms with E-state index in [-0.39, 0.29) is 6.10 Å². The summed E-state index contributed by atoms with van der Waals surface area (Å²) in [6, 6.07) is 0. The highest BCUT2D eigenvalue weighted by atomic mass is 16.5. The number of aliphatic hydroxyl groups excluding tert-OH is 1. The van der Waals surface area contributed by atoms with Crippen molar-refractivity contribution in [2.75, 3.05) is 33.4 Å². The molecule has 0 spiro atoms. The monoisotopic (exact) mass is 271 g/mol. The summed E-state index contributed by atoms with van der Waals surface area (Å²) in [7, 11) is 3.54. The largest absolute Gasteiger partial charge is 0.389 e. The molecule has 2 atom stereocenters. The molecule has 110 valence electrons. The quantitative estimate of drug-likeness (QED) is 0.585. The van der Waals surface area contributed by atoms with E-state index in [1.165, 1.54) is 5.56 Å². The van der Waals surface area contributed by atoms with E-state index in [2.05, 4.69) is 10.4 Å². The van der Waals surface area contributed by atoms with E-state index in [0.29, 0.717) is 19.8 Å². The maximum Gasteiger partial charge on any atom is 0.0897 e. The highest BCUT2D eigenvalue weighted by Crippen LogP contribution is 1.96. The SMILES string of the molecule is COCC(C)OCC(O)CNCCc1cnn(C)c1. The van der Waals surface area contributed by atoms with E-state index in [1.54, 1.807) is 11.8 Å². The molecule has 0 bridgehead atoms. The minimum Gasteiger partial charge on any atom is -0.389 e. The predicted octanol–water partition coefficient (Wildman–Crippen LogP) is -0.0354. The molecule has 0 radical (unpaired) electrons. The van der Waals surface area contributed by atoms with Gasteiger partial charge in [-0.1, -0.05) is 0 Å². The zero-order valence-corrected chi connectivity index (χ0v) is 12.0. The number of hydrogen-bond donors (Lipinski definition) is 2. The second-order valence-electron chi connectivity index (χ2n) is 4.73. The van der Waals surface area contributed by atoms with Crippen LogP contribution in [-0.2, 0) is 22.9 Å². The van der Waals surface area contributed by atoms with E-state index in [4.69, 9.17) is 9.47 Å². The van der Waals surface area contributed by atoms with Crippen LogP contribution in [0.3, 0.4) is 0 Å². The standard InChI is InChI=1S/C13H25N3O3/c1-11(9-18-3)19-10-13(17)7-14-5-4-12-6-15-16(2)8-12/h6,8,11,13-14,17H,4-5,7,9-10H2,1-3H3. The van der Waals surface area contributed by atoms with Crippen LogP contribution in [-0.4, -0.2) is 60.5 Å². The lowest BCUT2D eigenvalue weighted by molar-refractivity contribution is -0.0310. The van der Waals surface area contributed by atoms with Crippen molar-refractivity contribution in [3.05, 3.63) is 18.0 Å². The van der Waals surface area contributed by atoms with Crippen molar-refractivity contribution < 1.29 is 14.6 Å². The first-order valence-corrected chi connectivity index (χ1v) is 6.58. The summed E-state index contributed by atoms with van der Waals surface area (Å²) in [6.07, 6.45) is 4.27. The number of aromatic nitrogens is 2. The molecule has 0 saturated heterocycles. The number of ether oxygens (including phenoxy) is 2. The van der Waals surface area contributed by atoms with Crippen LogP contribution in [0.1, 0.15) is 12.5 Å². The Kier molecular flexibility index (Phi) is 7.66. The van der Waals surface area contributed by atoms with Crippen molar-refractivity contribution in [2.24, 2.45) is 7.05 Å². The average molecular weight is 271 g/mol. The molecule has 2 unspecified atom stereocenters. The summed E-state index contributed by atoms with van der Waals surface area (Å²) in [5, 5.41) is 17.0. The first-order valence-electron chi connectivity index (χ1n) is 6.58. The fourth-order valence-corrected chi connectivity index (χ4v) is 1.72. The summed E-state index contributed by atoms with van der Waals surface area (Å²) in [6.45, 7) is 4.13. The van der Waals surface area contributed by atoms with E-state index >= 15 is 0 Å². The van der Waals surface area contributed by atoms with E-state index in [9.17, 15) is 5.11 Å². The molecule has 6 heteroatoms. The number of nitrogens with one attached hydrogen (secondary N) is 1. The zero-order chi connectivity index (χ0) is 14.1. The molecule has 0 fully saturated rings. The minimum atomic E-state index is -0.492. The third-order valence-electron chi connectivity index (χ3n) is 2.70. The molecule has 1 heterocycles. The second kappa shape index (κ2) is 9.03. The molecule has 0 aromatic carbocycles. The molecule has 0 aliphatic rings. The highest BCUT2D eigenvalue weighted by molar-refractivity contribution is 5.03. The third-order valence-corrected chi connectivity index (χ3v) is 2.70. The van der Waals surface area contributed by atoms with Crippen LogP contribution in [0.5, 0.6) is 0 Å². The Balaban J connectivity index is 2.02. The second-order valence-corrected chi connectivity index (χ2v) is 4.73. The van der Waals surface area contributed by atoms with Gasteiger partial charge < -0.3 is 19.9 Å². The van der Waals surface area contributed by atoms with Gasteiger partial charge in [0, 0.05) is 26.9 Å². The molecule has 1 rings (SSSR count). The maximum atomic E-state index is 9.72. The van der Waals surface area contributed by atoms with Gasteiger partial charge in [0.15, 0.2) is 0 Å². The lowest BCUT2D eigenvalue weighted by Crippen LogP contribution is -2.33. The Bertz CT molecular complexity index is 344. The van der Waals surface area contributed by atoms with Gasteiger partial charge in [0.05, 0.1) is 31.6 Å².